The van der Waals surface area contributed by atoms with Gasteiger partial charge in [0.1, 0.15) is 0 Å². The molecule has 0 aliphatic carbocycles. The molecule has 2 aromatic rings. The summed E-state index contributed by atoms with van der Waals surface area (Å²) in [4.78, 5) is 0. The summed E-state index contributed by atoms with van der Waals surface area (Å²) >= 11 is 0. The van der Waals surface area contributed by atoms with Gasteiger partial charge in [-0.25, -0.2) is 0 Å². The molecule has 0 fully saturated rings. The number of hydrogen-bond acceptors (Lipinski definition) is 2. The van der Waals surface area contributed by atoms with Crippen molar-refractivity contribution in [3.8, 4) is 0 Å². The predicted molar refractivity (Wildman–Crippen MR) is 95.5 cm³/mol. The van der Waals surface area contributed by atoms with Crippen molar-refractivity contribution in [3.63, 3.8) is 0 Å². The van der Waals surface area contributed by atoms with E-state index in [4.69, 9.17) is 9.05 Å². The molecule has 0 amide bonds. The lowest BCUT2D eigenvalue weighted by Crippen LogP contribution is -2.10. The fourth-order valence-corrected chi connectivity index (χ4v) is 5.79. The van der Waals surface area contributed by atoms with Gasteiger partial charge in [-0.3, -0.25) is 0 Å². The Labute approximate surface area is 132 Å². The van der Waals surface area contributed by atoms with Gasteiger partial charge in [-0.2, -0.15) is 0 Å². The zero-order valence-electron chi connectivity index (χ0n) is 12.5. The maximum atomic E-state index is 5.69. The van der Waals surface area contributed by atoms with Crippen LogP contribution in [-0.2, 0) is 9.05 Å². The highest BCUT2D eigenvalue weighted by Crippen LogP contribution is 2.42. The summed E-state index contributed by atoms with van der Waals surface area (Å²) in [5.74, 6) is 0. The Morgan fingerprint density at radius 3 is 1.29 bits per heavy atom. The molecule has 0 aliphatic heterocycles. The Kier molecular flexibility index (Phi) is 8.80. The van der Waals surface area contributed by atoms with E-state index in [-0.39, 0.29) is 8.41 Å². The summed E-state index contributed by atoms with van der Waals surface area (Å²) < 4.78 is 11.4. The molecule has 0 aromatic heterocycles. The lowest BCUT2D eigenvalue weighted by molar-refractivity contribution is 0.462. The quantitative estimate of drug-likeness (QED) is 0.576. The third-order valence-corrected chi connectivity index (χ3v) is 7.28. The molecular weight excluding hydrogens is 297 g/mol. The van der Waals surface area contributed by atoms with Gasteiger partial charge in [-0.15, -0.1) is 0 Å². The number of benzene rings is 2. The predicted octanol–water partition coefficient (Wildman–Crippen LogP) is 3.34. The van der Waals surface area contributed by atoms with Gasteiger partial charge >= 0.3 is 0 Å². The Morgan fingerprint density at radius 1 is 0.667 bits per heavy atom. The van der Waals surface area contributed by atoms with E-state index in [2.05, 4.69) is 48.5 Å². The molecule has 0 aliphatic rings. The molecule has 109 valence electrons. The first-order chi connectivity index (χ1) is 9.85. The number of rotatable bonds is 7. The van der Waals surface area contributed by atoms with Crippen LogP contribution in [0.25, 0.3) is 0 Å². The highest BCUT2D eigenvalue weighted by atomic mass is 31.1. The van der Waals surface area contributed by atoms with Gasteiger partial charge in [0.2, 0.25) is 0 Å². The summed E-state index contributed by atoms with van der Waals surface area (Å²) in [5, 5.41) is 2.59. The Morgan fingerprint density at radius 2 is 1.00 bits per heavy atom. The smallest absolute Gasteiger partial charge is 0.0603 e. The molecule has 5 heteroatoms. The largest absolute Gasteiger partial charge is 0.358 e. The van der Waals surface area contributed by atoms with E-state index in [1.807, 2.05) is 12.1 Å². The van der Waals surface area contributed by atoms with Crippen molar-refractivity contribution in [3.05, 3.63) is 60.7 Å². The minimum absolute atomic E-state index is 0. The van der Waals surface area contributed by atoms with Crippen LogP contribution in [0.4, 0.5) is 0 Å². The second-order valence-corrected chi connectivity index (χ2v) is 8.41. The first-order valence-corrected chi connectivity index (χ1v) is 9.47. The summed E-state index contributed by atoms with van der Waals surface area (Å²) in [6, 6.07) is 20.9. The van der Waals surface area contributed by atoms with Gasteiger partial charge in [-0.1, -0.05) is 60.7 Å². The summed E-state index contributed by atoms with van der Waals surface area (Å²) in [6.07, 6.45) is 2.06. The third-order valence-electron chi connectivity index (χ3n) is 3.04. The van der Waals surface area contributed by atoms with E-state index in [9.17, 15) is 0 Å². The Hall–Kier alpha value is -0.715. The maximum Gasteiger partial charge on any atom is 0.0603 e. The minimum atomic E-state index is -0.546. The highest BCUT2D eigenvalue weighted by Gasteiger charge is 2.16. The normalized spacial score (nSPS) is 13.2. The highest BCUT2D eigenvalue weighted by molar-refractivity contribution is 7.64. The average molecular weight is 317 g/mol. The third kappa shape index (κ3) is 5.53. The van der Waals surface area contributed by atoms with Gasteiger partial charge in [0.15, 0.2) is 0 Å². The van der Waals surface area contributed by atoms with E-state index in [1.165, 1.54) is 10.6 Å². The van der Waals surface area contributed by atoms with Crippen molar-refractivity contribution in [2.75, 3.05) is 26.5 Å². The average Bonchev–Trinajstić information content (AvgIpc) is 2.53. The molecule has 0 heterocycles. The fraction of sp³-hybridized carbons (Fsp3) is 0.250. The van der Waals surface area contributed by atoms with Crippen LogP contribution in [0.1, 0.15) is 0 Å². The topological polar surface area (TPSA) is 18.5 Å². The van der Waals surface area contributed by atoms with Crippen molar-refractivity contribution < 1.29 is 9.05 Å². The summed E-state index contributed by atoms with van der Waals surface area (Å²) in [6.45, 7) is 0. The van der Waals surface area contributed by atoms with E-state index in [0.717, 1.165) is 12.3 Å². The van der Waals surface area contributed by atoms with Crippen molar-refractivity contribution in [2.45, 2.75) is 0 Å². The Bertz CT molecular complexity index is 449. The van der Waals surface area contributed by atoms with Crippen LogP contribution in [0.5, 0.6) is 0 Å². The second-order valence-electron chi connectivity index (χ2n) is 4.24. The summed E-state index contributed by atoms with van der Waals surface area (Å²) in [7, 11) is 2.51. The molecule has 0 unspecified atom stereocenters. The van der Waals surface area contributed by atoms with Crippen molar-refractivity contribution in [1.82, 2.24) is 0 Å². The van der Waals surface area contributed by atoms with E-state index in [0.29, 0.717) is 0 Å². The standard InChI is InChI=1S/C16H20O2P2.B/c1-17-19(15-9-5-3-6-10-15)13-14-20(18-2)16-11-7-4-8-12-16;/h3-12H,13-14H2,1-2H3;/t19-,20-;/m0./s1. The molecule has 2 rings (SSSR count). The maximum absolute atomic E-state index is 5.69. The monoisotopic (exact) mass is 317 g/mol. The summed E-state index contributed by atoms with van der Waals surface area (Å²) in [5.41, 5.74) is 0. The molecule has 0 saturated carbocycles. The Balaban J connectivity index is 0.00000220. The van der Waals surface area contributed by atoms with E-state index in [1.54, 1.807) is 14.2 Å². The van der Waals surface area contributed by atoms with Crippen molar-refractivity contribution in [2.24, 2.45) is 0 Å². The first-order valence-electron chi connectivity index (χ1n) is 6.58. The molecular formula is C16H20BO2P2. The first kappa shape index (κ1) is 18.3. The van der Waals surface area contributed by atoms with Gasteiger partial charge < -0.3 is 9.05 Å². The zero-order valence-corrected chi connectivity index (χ0v) is 14.3. The minimum Gasteiger partial charge on any atom is -0.358 e. The lowest BCUT2D eigenvalue weighted by Gasteiger charge is -2.20. The zero-order chi connectivity index (χ0) is 14.2. The van der Waals surface area contributed by atoms with Crippen LogP contribution >= 0.6 is 16.3 Å². The number of hydrogen-bond donors (Lipinski definition) is 0. The van der Waals surface area contributed by atoms with Gasteiger partial charge in [0.05, 0.1) is 16.3 Å². The van der Waals surface area contributed by atoms with Crippen molar-refractivity contribution >= 4 is 35.3 Å². The van der Waals surface area contributed by atoms with Crippen LogP contribution in [0.2, 0.25) is 0 Å². The van der Waals surface area contributed by atoms with Crippen LogP contribution in [0.3, 0.4) is 0 Å². The van der Waals surface area contributed by atoms with Crippen LogP contribution < -0.4 is 10.6 Å². The molecule has 0 N–H and O–H groups in total. The fourth-order valence-electron chi connectivity index (χ4n) is 2.02. The molecule has 0 spiro atoms. The van der Waals surface area contributed by atoms with E-state index < -0.39 is 16.3 Å². The second kappa shape index (κ2) is 10.1. The SMILES string of the molecule is CO[P@@](CC[P@](OC)c1ccccc1)c1ccccc1.[B]. The molecule has 2 nitrogen and oxygen atoms in total. The lowest BCUT2D eigenvalue weighted by atomic mass is 10.4. The van der Waals surface area contributed by atoms with Crippen LogP contribution in [0, 0.1) is 0 Å². The molecule has 0 saturated heterocycles. The van der Waals surface area contributed by atoms with Crippen molar-refractivity contribution in [1.29, 1.82) is 0 Å². The van der Waals surface area contributed by atoms with Gasteiger partial charge in [0.25, 0.3) is 0 Å². The molecule has 0 bridgehead atoms. The van der Waals surface area contributed by atoms with Crippen LogP contribution in [0.15, 0.2) is 60.7 Å². The van der Waals surface area contributed by atoms with Crippen LogP contribution in [-0.4, -0.2) is 35.0 Å². The molecule has 21 heavy (non-hydrogen) atoms. The van der Waals surface area contributed by atoms with E-state index >= 15 is 0 Å². The van der Waals surface area contributed by atoms with Gasteiger partial charge in [-0.05, 0) is 0 Å². The molecule has 2 aromatic carbocycles. The molecule has 3 radical (unpaired) electrons. The molecule has 2 atom stereocenters. The van der Waals surface area contributed by atoms with Gasteiger partial charge in [0, 0.05) is 45.6 Å².